The Morgan fingerprint density at radius 3 is 2.12 bits per heavy atom. The number of H-pyrrole nitrogens is 1. The van der Waals surface area contributed by atoms with E-state index in [2.05, 4.69) is 25.9 Å². The molecule has 0 aliphatic rings. The van der Waals surface area contributed by atoms with Crippen LogP contribution in [0.2, 0.25) is 0 Å². The Balaban J connectivity index is 2.97. The number of nitrogens with two attached hydrogens (primary N) is 1. The quantitative estimate of drug-likeness (QED) is 0.187. The molecule has 1 rings (SSSR count). The molecule has 0 radical (unpaired) electrons. The zero-order valence-electron chi connectivity index (χ0n) is 18.8. The lowest BCUT2D eigenvalue weighted by atomic mass is 9.96. The van der Waals surface area contributed by atoms with Crippen molar-refractivity contribution in [2.75, 3.05) is 6.61 Å². The summed E-state index contributed by atoms with van der Waals surface area (Å²) in [7, 11) is 0. The fourth-order valence-corrected chi connectivity index (χ4v) is 2.90. The molecular formula is C20H34N6O6. The van der Waals surface area contributed by atoms with E-state index in [0.717, 1.165) is 0 Å². The first-order valence-corrected chi connectivity index (χ1v) is 10.5. The van der Waals surface area contributed by atoms with Gasteiger partial charge in [0, 0.05) is 18.3 Å². The molecule has 0 saturated heterocycles. The SMILES string of the molecule is CCC(C)C(NC(=O)C(NC(=O)C(N)CO)C(C)C)C(=O)NC(Cc1cnc[nH]1)C(=O)O. The van der Waals surface area contributed by atoms with Crippen molar-refractivity contribution in [3.05, 3.63) is 18.2 Å². The Kier molecular flexibility index (Phi) is 10.8. The molecule has 0 saturated carbocycles. The Morgan fingerprint density at radius 1 is 1.06 bits per heavy atom. The molecule has 1 aromatic rings. The molecule has 32 heavy (non-hydrogen) atoms. The maximum atomic E-state index is 12.9. The van der Waals surface area contributed by atoms with Crippen LogP contribution < -0.4 is 21.7 Å². The van der Waals surface area contributed by atoms with E-state index in [0.29, 0.717) is 12.1 Å². The van der Waals surface area contributed by atoms with Gasteiger partial charge < -0.3 is 36.9 Å². The molecule has 0 aromatic carbocycles. The predicted molar refractivity (Wildman–Crippen MR) is 115 cm³/mol. The minimum absolute atomic E-state index is 0.00797. The average molecular weight is 455 g/mol. The van der Waals surface area contributed by atoms with Crippen LogP contribution in [0.15, 0.2) is 12.5 Å². The topological polar surface area (TPSA) is 200 Å². The van der Waals surface area contributed by atoms with Crippen LogP contribution in [0.25, 0.3) is 0 Å². The number of aliphatic hydroxyl groups excluding tert-OH is 1. The molecule has 0 aliphatic carbocycles. The maximum absolute atomic E-state index is 12.9. The minimum Gasteiger partial charge on any atom is -0.480 e. The normalized spacial score (nSPS) is 15.8. The summed E-state index contributed by atoms with van der Waals surface area (Å²) in [6.07, 6.45) is 3.39. The minimum atomic E-state index is -1.23. The van der Waals surface area contributed by atoms with E-state index >= 15 is 0 Å². The molecule has 5 unspecified atom stereocenters. The summed E-state index contributed by atoms with van der Waals surface area (Å²) in [5, 5.41) is 26.1. The molecule has 12 nitrogen and oxygen atoms in total. The lowest BCUT2D eigenvalue weighted by Crippen LogP contribution is -2.60. The van der Waals surface area contributed by atoms with E-state index < -0.39 is 54.5 Å². The standard InChI is InChI=1S/C20H34N6O6/c1-5-11(4)16(19(30)24-14(20(31)32)6-12-7-22-9-23-12)26-18(29)15(10(2)3)25-17(28)13(21)8-27/h7,9-11,13-16,27H,5-6,8,21H2,1-4H3,(H,22,23)(H,24,30)(H,25,28)(H,26,29)(H,31,32). The fraction of sp³-hybridized carbons (Fsp3) is 0.650. The largest absolute Gasteiger partial charge is 0.480 e. The first-order chi connectivity index (χ1) is 15.0. The maximum Gasteiger partial charge on any atom is 0.326 e. The summed E-state index contributed by atoms with van der Waals surface area (Å²) < 4.78 is 0. The van der Waals surface area contributed by atoms with Crippen LogP contribution in [0.1, 0.15) is 39.8 Å². The summed E-state index contributed by atoms with van der Waals surface area (Å²) in [5.74, 6) is -3.84. The Hall–Kier alpha value is -2.99. The van der Waals surface area contributed by atoms with Gasteiger partial charge in [0.1, 0.15) is 24.2 Å². The van der Waals surface area contributed by atoms with Crippen LogP contribution in [0, 0.1) is 11.8 Å². The highest BCUT2D eigenvalue weighted by Gasteiger charge is 2.33. The van der Waals surface area contributed by atoms with Crippen molar-refractivity contribution in [2.24, 2.45) is 17.6 Å². The van der Waals surface area contributed by atoms with Crippen LogP contribution in [0.4, 0.5) is 0 Å². The van der Waals surface area contributed by atoms with Crippen LogP contribution in [-0.4, -0.2) is 74.6 Å². The smallest absolute Gasteiger partial charge is 0.326 e. The first-order valence-electron chi connectivity index (χ1n) is 10.5. The van der Waals surface area contributed by atoms with E-state index in [1.54, 1.807) is 20.8 Å². The number of amides is 3. The monoisotopic (exact) mass is 454 g/mol. The van der Waals surface area contributed by atoms with Crippen LogP contribution >= 0.6 is 0 Å². The summed E-state index contributed by atoms with van der Waals surface area (Å²) in [4.78, 5) is 56.1. The van der Waals surface area contributed by atoms with Crippen LogP contribution in [-0.2, 0) is 25.6 Å². The fourth-order valence-electron chi connectivity index (χ4n) is 2.90. The number of carbonyl (C=O) groups is 4. The molecular weight excluding hydrogens is 420 g/mol. The highest BCUT2D eigenvalue weighted by Crippen LogP contribution is 2.11. The molecule has 180 valence electrons. The Morgan fingerprint density at radius 2 is 1.66 bits per heavy atom. The van der Waals surface area contributed by atoms with Crippen LogP contribution in [0.3, 0.4) is 0 Å². The molecule has 5 atom stereocenters. The number of carbonyl (C=O) groups excluding carboxylic acids is 3. The third-order valence-corrected chi connectivity index (χ3v) is 5.17. The van der Waals surface area contributed by atoms with Crippen LogP contribution in [0.5, 0.6) is 0 Å². The van der Waals surface area contributed by atoms with Gasteiger partial charge in [-0.1, -0.05) is 34.1 Å². The third kappa shape index (κ3) is 7.93. The number of nitrogens with one attached hydrogen (secondary N) is 4. The number of imidazole rings is 1. The van der Waals surface area contributed by atoms with Gasteiger partial charge in [0.25, 0.3) is 0 Å². The Bertz CT molecular complexity index is 769. The van der Waals surface area contributed by atoms with Gasteiger partial charge in [-0.2, -0.15) is 0 Å². The summed E-state index contributed by atoms with van der Waals surface area (Å²) in [5.41, 5.74) is 6.03. The zero-order chi connectivity index (χ0) is 24.4. The average Bonchev–Trinajstić information content (AvgIpc) is 3.26. The summed E-state index contributed by atoms with van der Waals surface area (Å²) in [6.45, 7) is 6.41. The van der Waals surface area contributed by atoms with Crippen molar-refractivity contribution in [1.29, 1.82) is 0 Å². The lowest BCUT2D eigenvalue weighted by molar-refractivity contribution is -0.142. The van der Waals surface area contributed by atoms with E-state index in [-0.39, 0.29) is 18.3 Å². The molecule has 1 heterocycles. The molecule has 0 spiro atoms. The number of hydrogen-bond acceptors (Lipinski definition) is 7. The molecule has 1 aromatic heterocycles. The van der Waals surface area contributed by atoms with E-state index in [4.69, 9.17) is 10.8 Å². The van der Waals surface area contributed by atoms with Crippen molar-refractivity contribution in [3.8, 4) is 0 Å². The van der Waals surface area contributed by atoms with Gasteiger partial charge in [0.05, 0.1) is 12.9 Å². The predicted octanol–water partition coefficient (Wildman–Crippen LogP) is -1.49. The molecule has 0 bridgehead atoms. The lowest BCUT2D eigenvalue weighted by Gasteiger charge is -2.29. The number of carboxylic acid groups (broad SMARTS) is 1. The number of nitrogens with zero attached hydrogens (tertiary/aromatic N) is 1. The van der Waals surface area contributed by atoms with Gasteiger partial charge in [0.15, 0.2) is 0 Å². The second-order valence-electron chi connectivity index (χ2n) is 8.07. The highest BCUT2D eigenvalue weighted by molar-refractivity contribution is 5.94. The third-order valence-electron chi connectivity index (χ3n) is 5.17. The van der Waals surface area contributed by atoms with E-state index in [1.807, 2.05) is 6.92 Å². The molecule has 3 amide bonds. The number of aromatic nitrogens is 2. The number of hydrogen-bond donors (Lipinski definition) is 7. The number of aromatic amines is 1. The molecule has 8 N–H and O–H groups in total. The van der Waals surface area contributed by atoms with Gasteiger partial charge in [-0.05, 0) is 11.8 Å². The highest BCUT2D eigenvalue weighted by atomic mass is 16.4. The van der Waals surface area contributed by atoms with E-state index in [1.165, 1.54) is 12.5 Å². The molecule has 12 heteroatoms. The van der Waals surface area contributed by atoms with Gasteiger partial charge in [-0.25, -0.2) is 9.78 Å². The zero-order valence-corrected chi connectivity index (χ0v) is 18.8. The number of aliphatic carboxylic acids is 1. The van der Waals surface area contributed by atoms with E-state index in [9.17, 15) is 24.3 Å². The summed E-state index contributed by atoms with van der Waals surface area (Å²) >= 11 is 0. The van der Waals surface area contributed by atoms with Gasteiger partial charge in [-0.3, -0.25) is 14.4 Å². The van der Waals surface area contributed by atoms with Crippen molar-refractivity contribution in [1.82, 2.24) is 25.9 Å². The van der Waals surface area contributed by atoms with Gasteiger partial charge >= 0.3 is 5.97 Å². The first kappa shape index (κ1) is 27.0. The number of aliphatic hydroxyl groups is 1. The Labute approximate surface area is 186 Å². The van der Waals surface area contributed by atoms with Crippen molar-refractivity contribution < 1.29 is 29.4 Å². The van der Waals surface area contributed by atoms with Crippen molar-refractivity contribution in [2.45, 2.75) is 64.7 Å². The summed E-state index contributed by atoms with van der Waals surface area (Å²) in [6, 6.07) is -4.44. The van der Waals surface area contributed by atoms with Gasteiger partial charge in [0.2, 0.25) is 17.7 Å². The van der Waals surface area contributed by atoms with Gasteiger partial charge in [-0.15, -0.1) is 0 Å². The second kappa shape index (κ2) is 12.8. The van der Waals surface area contributed by atoms with Crippen molar-refractivity contribution in [3.63, 3.8) is 0 Å². The molecule has 0 fully saturated rings. The number of carboxylic acids is 1. The number of rotatable bonds is 13. The second-order valence-corrected chi connectivity index (χ2v) is 8.07. The van der Waals surface area contributed by atoms with Crippen molar-refractivity contribution >= 4 is 23.7 Å². The molecule has 0 aliphatic heterocycles.